The molecule has 1 rings (SSSR count). The first-order valence-corrected chi connectivity index (χ1v) is 8.12. The Hall–Kier alpha value is -0.0700. The van der Waals surface area contributed by atoms with Gasteiger partial charge in [0.25, 0.3) is 0 Å². The van der Waals surface area contributed by atoms with Crippen LogP contribution in [0.25, 0.3) is 0 Å². The van der Waals surface area contributed by atoms with Crippen molar-refractivity contribution in [3.63, 3.8) is 0 Å². The van der Waals surface area contributed by atoms with Crippen LogP contribution in [0.1, 0.15) is 27.7 Å². The number of esters is 1. The highest BCUT2D eigenvalue weighted by atomic mass is 79.9. The number of carbonyl (C=O) groups is 1. The molecule has 1 unspecified atom stereocenters. The summed E-state index contributed by atoms with van der Waals surface area (Å²) in [6.07, 6.45) is 0. The standard InChI is InChI=1S/C13H16Br3NO2/c1-7(12(18)19-13(2,3)4)17-11-9(15)5-8(14)6-10(11)16/h5-7,17H,1-4H3. The van der Waals surface area contributed by atoms with Crippen molar-refractivity contribution in [2.75, 3.05) is 5.32 Å². The van der Waals surface area contributed by atoms with Crippen molar-refractivity contribution in [3.05, 3.63) is 25.6 Å². The second-order valence-electron chi connectivity index (χ2n) is 5.14. The van der Waals surface area contributed by atoms with Gasteiger partial charge in [-0.2, -0.15) is 0 Å². The maximum absolute atomic E-state index is 11.9. The van der Waals surface area contributed by atoms with Gasteiger partial charge in [-0.05, 0) is 71.7 Å². The van der Waals surface area contributed by atoms with Gasteiger partial charge in [-0.1, -0.05) is 15.9 Å². The van der Waals surface area contributed by atoms with Gasteiger partial charge in [-0.25, -0.2) is 4.79 Å². The van der Waals surface area contributed by atoms with Crippen LogP contribution in [0.5, 0.6) is 0 Å². The summed E-state index contributed by atoms with van der Waals surface area (Å²) in [5.41, 5.74) is 0.336. The average Bonchev–Trinajstić information content (AvgIpc) is 2.20. The minimum Gasteiger partial charge on any atom is -0.458 e. The van der Waals surface area contributed by atoms with Crippen LogP contribution in [0, 0.1) is 0 Å². The van der Waals surface area contributed by atoms with Crippen molar-refractivity contribution in [2.24, 2.45) is 0 Å². The first-order chi connectivity index (χ1) is 8.60. The van der Waals surface area contributed by atoms with E-state index in [0.717, 1.165) is 19.1 Å². The third-order valence-electron chi connectivity index (χ3n) is 2.13. The van der Waals surface area contributed by atoms with Gasteiger partial charge in [-0.15, -0.1) is 0 Å². The molecule has 3 nitrogen and oxygen atoms in total. The summed E-state index contributed by atoms with van der Waals surface area (Å²) < 4.78 is 8.01. The zero-order valence-corrected chi connectivity index (χ0v) is 15.9. The number of ether oxygens (including phenoxy) is 1. The van der Waals surface area contributed by atoms with Crippen LogP contribution in [-0.2, 0) is 9.53 Å². The largest absolute Gasteiger partial charge is 0.458 e. The van der Waals surface area contributed by atoms with E-state index in [-0.39, 0.29) is 5.97 Å². The van der Waals surface area contributed by atoms with Crippen molar-refractivity contribution in [2.45, 2.75) is 39.3 Å². The van der Waals surface area contributed by atoms with Gasteiger partial charge in [0.15, 0.2) is 0 Å². The van der Waals surface area contributed by atoms with Crippen LogP contribution in [0.4, 0.5) is 5.69 Å². The molecule has 0 saturated carbocycles. The summed E-state index contributed by atoms with van der Waals surface area (Å²) in [6.45, 7) is 7.32. The fraction of sp³-hybridized carbons (Fsp3) is 0.462. The van der Waals surface area contributed by atoms with Crippen LogP contribution in [0.2, 0.25) is 0 Å². The quantitative estimate of drug-likeness (QED) is 0.640. The normalized spacial score (nSPS) is 13.0. The van der Waals surface area contributed by atoms with Crippen LogP contribution >= 0.6 is 47.8 Å². The number of carbonyl (C=O) groups excluding carboxylic acids is 1. The maximum Gasteiger partial charge on any atom is 0.328 e. The van der Waals surface area contributed by atoms with E-state index in [2.05, 4.69) is 53.1 Å². The molecule has 106 valence electrons. The highest BCUT2D eigenvalue weighted by Gasteiger charge is 2.22. The van der Waals surface area contributed by atoms with Crippen molar-refractivity contribution >= 4 is 59.4 Å². The van der Waals surface area contributed by atoms with E-state index in [9.17, 15) is 4.79 Å². The summed E-state index contributed by atoms with van der Waals surface area (Å²) in [6, 6.07) is 3.39. The van der Waals surface area contributed by atoms with E-state index in [0.29, 0.717) is 0 Å². The summed E-state index contributed by atoms with van der Waals surface area (Å²) in [4.78, 5) is 11.9. The second kappa shape index (κ2) is 6.59. The molecule has 19 heavy (non-hydrogen) atoms. The predicted octanol–water partition coefficient (Wildman–Crippen LogP) is 5.12. The smallest absolute Gasteiger partial charge is 0.328 e. The fourth-order valence-electron chi connectivity index (χ4n) is 1.35. The lowest BCUT2D eigenvalue weighted by Gasteiger charge is -2.23. The third-order valence-corrected chi connectivity index (χ3v) is 3.84. The Balaban J connectivity index is 2.83. The molecule has 6 heteroatoms. The monoisotopic (exact) mass is 455 g/mol. The molecule has 1 atom stereocenters. The summed E-state index contributed by atoms with van der Waals surface area (Å²) in [5.74, 6) is -0.283. The molecule has 0 aliphatic rings. The van der Waals surface area contributed by atoms with Crippen molar-refractivity contribution < 1.29 is 9.53 Å². The highest BCUT2D eigenvalue weighted by Crippen LogP contribution is 2.34. The minimum absolute atomic E-state index is 0.283. The molecule has 0 bridgehead atoms. The fourth-order valence-corrected chi connectivity index (χ4v) is 3.83. The van der Waals surface area contributed by atoms with Gasteiger partial charge in [-0.3, -0.25) is 0 Å². The molecule has 1 aromatic rings. The SMILES string of the molecule is CC(Nc1c(Br)cc(Br)cc1Br)C(=O)OC(C)(C)C. The van der Waals surface area contributed by atoms with E-state index in [1.165, 1.54) is 0 Å². The number of hydrogen-bond acceptors (Lipinski definition) is 3. The first-order valence-electron chi connectivity index (χ1n) is 5.74. The Morgan fingerprint density at radius 3 is 2.11 bits per heavy atom. The van der Waals surface area contributed by atoms with E-state index in [1.54, 1.807) is 6.92 Å². The number of nitrogens with one attached hydrogen (secondary N) is 1. The summed E-state index contributed by atoms with van der Waals surface area (Å²) >= 11 is 10.3. The van der Waals surface area contributed by atoms with Gasteiger partial charge in [0.1, 0.15) is 11.6 Å². The summed E-state index contributed by atoms with van der Waals surface area (Å²) in [7, 11) is 0. The third kappa shape index (κ3) is 5.44. The van der Waals surface area contributed by atoms with E-state index < -0.39 is 11.6 Å². The van der Waals surface area contributed by atoms with Crippen LogP contribution in [-0.4, -0.2) is 17.6 Å². The molecule has 0 fully saturated rings. The van der Waals surface area contributed by atoms with Crippen molar-refractivity contribution in [3.8, 4) is 0 Å². The van der Waals surface area contributed by atoms with E-state index in [4.69, 9.17) is 4.74 Å². The molecule has 0 saturated heterocycles. The van der Waals surface area contributed by atoms with Gasteiger partial charge < -0.3 is 10.1 Å². The lowest BCUT2D eigenvalue weighted by atomic mass is 10.2. The zero-order valence-electron chi connectivity index (χ0n) is 11.2. The van der Waals surface area contributed by atoms with Crippen molar-refractivity contribution in [1.82, 2.24) is 0 Å². The minimum atomic E-state index is -0.485. The molecular weight excluding hydrogens is 442 g/mol. The Morgan fingerprint density at radius 1 is 1.21 bits per heavy atom. The Bertz CT molecular complexity index is 460. The lowest BCUT2D eigenvalue weighted by Crippen LogP contribution is -2.34. The first kappa shape index (κ1) is 17.0. The molecule has 0 spiro atoms. The number of hydrogen-bond donors (Lipinski definition) is 1. The zero-order chi connectivity index (χ0) is 14.8. The Morgan fingerprint density at radius 2 is 1.68 bits per heavy atom. The molecule has 0 aliphatic heterocycles. The number of benzene rings is 1. The average molecular weight is 458 g/mol. The number of halogens is 3. The van der Waals surface area contributed by atoms with Gasteiger partial charge in [0, 0.05) is 13.4 Å². The van der Waals surface area contributed by atoms with E-state index in [1.807, 2.05) is 32.9 Å². The van der Waals surface area contributed by atoms with Gasteiger partial charge in [0.2, 0.25) is 0 Å². The van der Waals surface area contributed by atoms with Crippen molar-refractivity contribution in [1.29, 1.82) is 0 Å². The Kier molecular flexibility index (Phi) is 5.89. The van der Waals surface area contributed by atoms with Crippen LogP contribution in [0.3, 0.4) is 0 Å². The molecular formula is C13H16Br3NO2. The lowest BCUT2D eigenvalue weighted by molar-refractivity contribution is -0.155. The second-order valence-corrected chi connectivity index (χ2v) is 7.77. The molecule has 1 N–H and O–H groups in total. The molecule has 0 radical (unpaired) electrons. The van der Waals surface area contributed by atoms with Gasteiger partial charge in [0.05, 0.1) is 5.69 Å². The summed E-state index contributed by atoms with van der Waals surface area (Å²) in [5, 5.41) is 3.14. The highest BCUT2D eigenvalue weighted by molar-refractivity contribution is 9.11. The van der Waals surface area contributed by atoms with E-state index >= 15 is 0 Å². The predicted molar refractivity (Wildman–Crippen MR) is 88.5 cm³/mol. The molecule has 1 aromatic carbocycles. The molecule has 0 aliphatic carbocycles. The number of anilines is 1. The molecule has 0 aromatic heterocycles. The maximum atomic E-state index is 11.9. The van der Waals surface area contributed by atoms with Gasteiger partial charge >= 0.3 is 5.97 Å². The molecule has 0 heterocycles. The molecule has 0 amide bonds. The number of rotatable bonds is 3. The van der Waals surface area contributed by atoms with Crippen LogP contribution in [0.15, 0.2) is 25.6 Å². The Labute approximate surface area is 138 Å². The topological polar surface area (TPSA) is 38.3 Å². The van der Waals surface area contributed by atoms with Crippen LogP contribution < -0.4 is 5.32 Å².